The van der Waals surface area contributed by atoms with E-state index in [1.807, 2.05) is 17.5 Å². The summed E-state index contributed by atoms with van der Waals surface area (Å²) < 4.78 is 0. The summed E-state index contributed by atoms with van der Waals surface area (Å²) >= 11 is 1.55. The van der Waals surface area contributed by atoms with E-state index >= 15 is 0 Å². The molecule has 1 aromatic rings. The van der Waals surface area contributed by atoms with Gasteiger partial charge in [-0.2, -0.15) is 0 Å². The minimum Gasteiger partial charge on any atom is -0.337 e. The molecule has 0 atom stereocenters. The molecule has 0 radical (unpaired) electrons. The van der Waals surface area contributed by atoms with Gasteiger partial charge < -0.3 is 10.2 Å². The molecule has 0 unspecified atom stereocenters. The molecule has 3 nitrogen and oxygen atoms in total. The molecule has 0 saturated carbocycles. The lowest BCUT2D eigenvalue weighted by molar-refractivity contribution is 0.0766. The molecule has 3 rings (SSSR count). The van der Waals surface area contributed by atoms with Crippen molar-refractivity contribution in [3.8, 4) is 0 Å². The van der Waals surface area contributed by atoms with Gasteiger partial charge in [-0.25, -0.2) is 0 Å². The van der Waals surface area contributed by atoms with E-state index in [2.05, 4.69) is 10.2 Å². The molecule has 2 aliphatic heterocycles. The van der Waals surface area contributed by atoms with Crippen molar-refractivity contribution in [3.05, 3.63) is 22.4 Å². The Morgan fingerprint density at radius 2 is 2.11 bits per heavy atom. The summed E-state index contributed by atoms with van der Waals surface area (Å²) in [5, 5.41) is 5.38. The number of rotatable bonds is 1. The number of hydrogen-bond acceptors (Lipinski definition) is 3. The molecule has 1 N–H and O–H groups in total. The largest absolute Gasteiger partial charge is 0.337 e. The maximum absolute atomic E-state index is 12.3. The van der Waals surface area contributed by atoms with E-state index in [0.717, 1.165) is 31.1 Å². The molecule has 100 valence electrons. The minimum atomic E-state index is 0. The van der Waals surface area contributed by atoms with Crippen LogP contribution in [0, 0.1) is 5.41 Å². The minimum absolute atomic E-state index is 0. The van der Waals surface area contributed by atoms with Crippen molar-refractivity contribution in [2.75, 3.05) is 26.2 Å². The van der Waals surface area contributed by atoms with Crippen molar-refractivity contribution >= 4 is 29.7 Å². The Morgan fingerprint density at radius 1 is 1.33 bits per heavy atom. The van der Waals surface area contributed by atoms with Crippen LogP contribution in [0.4, 0.5) is 0 Å². The third-order valence-corrected chi connectivity index (χ3v) is 4.98. The SMILES string of the molecule is Cl.O=C(c1cccs1)N1CCC2(CCNCC2)C1. The van der Waals surface area contributed by atoms with Crippen LogP contribution >= 0.6 is 23.7 Å². The second-order valence-electron chi connectivity index (χ2n) is 5.20. The number of likely N-dealkylation sites (tertiary alicyclic amines) is 1. The quantitative estimate of drug-likeness (QED) is 0.860. The summed E-state index contributed by atoms with van der Waals surface area (Å²) in [5.74, 6) is 0.232. The first kappa shape index (κ1) is 13.8. The van der Waals surface area contributed by atoms with Crippen LogP contribution in [0.5, 0.6) is 0 Å². The molecule has 1 spiro atoms. The van der Waals surface area contributed by atoms with Gasteiger partial charge in [-0.3, -0.25) is 4.79 Å². The highest BCUT2D eigenvalue weighted by Gasteiger charge is 2.40. The summed E-state index contributed by atoms with van der Waals surface area (Å²) in [6.45, 7) is 4.13. The average molecular weight is 287 g/mol. The number of hydrogen-bond donors (Lipinski definition) is 1. The van der Waals surface area contributed by atoms with Gasteiger partial charge >= 0.3 is 0 Å². The molecule has 2 aliphatic rings. The predicted octanol–water partition coefficient (Wildman–Crippen LogP) is 2.39. The smallest absolute Gasteiger partial charge is 0.263 e. The fourth-order valence-corrected chi connectivity index (χ4v) is 3.72. The monoisotopic (exact) mass is 286 g/mol. The third kappa shape index (κ3) is 2.56. The maximum atomic E-state index is 12.3. The van der Waals surface area contributed by atoms with Crippen LogP contribution in [0.15, 0.2) is 17.5 Å². The molecule has 5 heteroatoms. The normalized spacial score (nSPS) is 21.9. The van der Waals surface area contributed by atoms with Crippen molar-refractivity contribution in [1.82, 2.24) is 10.2 Å². The third-order valence-electron chi connectivity index (χ3n) is 4.12. The highest BCUT2D eigenvalue weighted by molar-refractivity contribution is 7.12. The number of carbonyl (C=O) groups is 1. The fraction of sp³-hybridized carbons (Fsp3) is 0.615. The van der Waals surface area contributed by atoms with Crippen molar-refractivity contribution in [2.45, 2.75) is 19.3 Å². The van der Waals surface area contributed by atoms with Crippen LogP contribution in [0.3, 0.4) is 0 Å². The van der Waals surface area contributed by atoms with Gasteiger partial charge in [-0.1, -0.05) is 6.07 Å². The Labute approximate surface area is 118 Å². The number of nitrogens with one attached hydrogen (secondary N) is 1. The number of nitrogens with zero attached hydrogens (tertiary/aromatic N) is 1. The van der Waals surface area contributed by atoms with E-state index in [1.54, 1.807) is 11.3 Å². The van der Waals surface area contributed by atoms with Gasteiger partial charge in [0.1, 0.15) is 0 Å². The first-order valence-corrected chi connectivity index (χ1v) is 7.21. The van der Waals surface area contributed by atoms with Crippen LogP contribution in [0.2, 0.25) is 0 Å². The summed E-state index contributed by atoms with van der Waals surface area (Å²) in [4.78, 5) is 15.2. The molecule has 0 aromatic carbocycles. The zero-order valence-electron chi connectivity index (χ0n) is 10.4. The Morgan fingerprint density at radius 3 is 2.78 bits per heavy atom. The highest BCUT2D eigenvalue weighted by atomic mass is 35.5. The van der Waals surface area contributed by atoms with Gasteiger partial charge in [0.2, 0.25) is 0 Å². The van der Waals surface area contributed by atoms with Crippen LogP contribution < -0.4 is 5.32 Å². The maximum Gasteiger partial charge on any atom is 0.263 e. The van der Waals surface area contributed by atoms with Gasteiger partial charge in [0, 0.05) is 13.1 Å². The molecular weight excluding hydrogens is 268 g/mol. The number of amides is 1. The van der Waals surface area contributed by atoms with Crippen molar-refractivity contribution < 1.29 is 4.79 Å². The molecular formula is C13H19ClN2OS. The lowest BCUT2D eigenvalue weighted by Crippen LogP contribution is -2.39. The lowest BCUT2D eigenvalue weighted by atomic mass is 9.78. The average Bonchev–Trinajstić information content (AvgIpc) is 2.99. The van der Waals surface area contributed by atoms with E-state index < -0.39 is 0 Å². The molecule has 1 aromatic heterocycles. The molecule has 0 aliphatic carbocycles. The van der Waals surface area contributed by atoms with Crippen LogP contribution in [0.25, 0.3) is 0 Å². The number of halogens is 1. The predicted molar refractivity (Wildman–Crippen MR) is 76.6 cm³/mol. The van der Waals surface area contributed by atoms with Crippen LogP contribution in [0.1, 0.15) is 28.9 Å². The van der Waals surface area contributed by atoms with E-state index in [9.17, 15) is 4.79 Å². The standard InChI is InChI=1S/C13H18N2OS.ClH/c16-12(11-2-1-9-17-11)15-8-5-13(10-15)3-6-14-7-4-13;/h1-2,9,14H,3-8,10H2;1H. The number of piperidine rings is 1. The molecule has 3 heterocycles. The second-order valence-corrected chi connectivity index (χ2v) is 6.15. The highest BCUT2D eigenvalue weighted by Crippen LogP contribution is 2.39. The topological polar surface area (TPSA) is 32.3 Å². The van der Waals surface area contributed by atoms with Gasteiger partial charge in [-0.05, 0) is 49.2 Å². The summed E-state index contributed by atoms with van der Waals surface area (Å²) in [6, 6.07) is 3.88. The van der Waals surface area contributed by atoms with Crippen molar-refractivity contribution in [1.29, 1.82) is 0 Å². The fourth-order valence-electron chi connectivity index (χ4n) is 3.03. The Balaban J connectivity index is 0.00000120. The van der Waals surface area contributed by atoms with Crippen molar-refractivity contribution in [2.24, 2.45) is 5.41 Å². The van der Waals surface area contributed by atoms with E-state index in [-0.39, 0.29) is 18.3 Å². The molecule has 2 saturated heterocycles. The van der Waals surface area contributed by atoms with E-state index in [1.165, 1.54) is 19.3 Å². The zero-order chi connectivity index (χ0) is 11.7. The van der Waals surface area contributed by atoms with E-state index in [0.29, 0.717) is 5.41 Å². The van der Waals surface area contributed by atoms with Crippen molar-refractivity contribution in [3.63, 3.8) is 0 Å². The Hall–Kier alpha value is -0.580. The van der Waals surface area contributed by atoms with Gasteiger partial charge in [0.05, 0.1) is 4.88 Å². The zero-order valence-corrected chi connectivity index (χ0v) is 12.0. The van der Waals surface area contributed by atoms with Gasteiger partial charge in [-0.15, -0.1) is 23.7 Å². The van der Waals surface area contributed by atoms with Crippen LogP contribution in [-0.2, 0) is 0 Å². The van der Waals surface area contributed by atoms with E-state index in [4.69, 9.17) is 0 Å². The summed E-state index contributed by atoms with van der Waals surface area (Å²) in [7, 11) is 0. The molecule has 2 fully saturated rings. The Bertz CT molecular complexity index is 401. The first-order valence-electron chi connectivity index (χ1n) is 6.33. The Kier molecular flexibility index (Phi) is 4.30. The molecule has 0 bridgehead atoms. The van der Waals surface area contributed by atoms with Gasteiger partial charge in [0.15, 0.2) is 0 Å². The first-order chi connectivity index (χ1) is 8.29. The molecule has 18 heavy (non-hydrogen) atoms. The van der Waals surface area contributed by atoms with Gasteiger partial charge in [0.25, 0.3) is 5.91 Å². The number of thiophene rings is 1. The lowest BCUT2D eigenvalue weighted by Gasteiger charge is -2.33. The molecule has 1 amide bonds. The van der Waals surface area contributed by atoms with Crippen LogP contribution in [-0.4, -0.2) is 37.0 Å². The summed E-state index contributed by atoms with van der Waals surface area (Å²) in [5.41, 5.74) is 0.415. The number of carbonyl (C=O) groups excluding carboxylic acids is 1. The second kappa shape index (κ2) is 5.59. The summed E-state index contributed by atoms with van der Waals surface area (Å²) in [6.07, 6.45) is 3.63.